The zero-order valence-corrected chi connectivity index (χ0v) is 16.5. The highest BCUT2D eigenvalue weighted by Gasteiger charge is 2.32. The number of pyridine rings is 1. The summed E-state index contributed by atoms with van der Waals surface area (Å²) in [5, 5.41) is 24.8. The van der Waals surface area contributed by atoms with Crippen molar-refractivity contribution in [3.8, 4) is 5.88 Å². The van der Waals surface area contributed by atoms with Gasteiger partial charge >= 0.3 is 0 Å². The monoisotopic (exact) mass is 399 g/mol. The minimum atomic E-state index is -1.05. The number of aliphatic hydroxyl groups is 2. The van der Waals surface area contributed by atoms with Crippen molar-refractivity contribution in [3.63, 3.8) is 0 Å². The molecule has 27 heavy (non-hydrogen) atoms. The van der Waals surface area contributed by atoms with Crippen LogP contribution >= 0.6 is 11.6 Å². The summed E-state index contributed by atoms with van der Waals surface area (Å²) in [6.07, 6.45) is 2.09. The Balaban J connectivity index is 1.84. The highest BCUT2D eigenvalue weighted by atomic mass is 35.5. The Labute approximate surface area is 164 Å². The second-order valence-electron chi connectivity index (χ2n) is 6.82. The number of nitrogens with zero attached hydrogens (tertiary/aromatic N) is 3. The van der Waals surface area contributed by atoms with Gasteiger partial charge in [-0.25, -0.2) is 4.98 Å². The van der Waals surface area contributed by atoms with Crippen LogP contribution in [0.4, 0.5) is 0 Å². The molecule has 1 aliphatic heterocycles. The Morgan fingerprint density at radius 3 is 2.59 bits per heavy atom. The smallest absolute Gasteiger partial charge is 0.213 e. The van der Waals surface area contributed by atoms with Gasteiger partial charge in [0.1, 0.15) is 18.2 Å². The maximum Gasteiger partial charge on any atom is 0.213 e. The average Bonchev–Trinajstić information content (AvgIpc) is 2.63. The quantitative estimate of drug-likeness (QED) is 0.611. The Bertz CT molecular complexity index is 658. The molecule has 8 nitrogen and oxygen atoms in total. The predicted octanol–water partition coefficient (Wildman–Crippen LogP) is 1.85. The molecule has 9 heteroatoms. The molecular formula is C18H26ClN3O5. The number of ether oxygens (including phenoxy) is 3. The summed E-state index contributed by atoms with van der Waals surface area (Å²) in [6, 6.07) is 3.55. The van der Waals surface area contributed by atoms with Crippen LogP contribution in [-0.4, -0.2) is 64.6 Å². The third-order valence-electron chi connectivity index (χ3n) is 3.59. The summed E-state index contributed by atoms with van der Waals surface area (Å²) in [7, 11) is 0. The number of allylic oxidation sites excluding steroid dienone is 1. The minimum absolute atomic E-state index is 0.0105. The van der Waals surface area contributed by atoms with Crippen molar-refractivity contribution in [1.82, 2.24) is 9.99 Å². The molecule has 150 valence electrons. The second-order valence-corrected chi connectivity index (χ2v) is 7.23. The van der Waals surface area contributed by atoms with Gasteiger partial charge in [-0.05, 0) is 26.8 Å². The van der Waals surface area contributed by atoms with Crippen molar-refractivity contribution in [2.75, 3.05) is 26.4 Å². The van der Waals surface area contributed by atoms with Crippen molar-refractivity contribution in [3.05, 3.63) is 34.7 Å². The molecule has 0 aromatic carbocycles. The molecule has 1 unspecified atom stereocenters. The first-order chi connectivity index (χ1) is 12.8. The normalized spacial score (nSPS) is 17.4. The van der Waals surface area contributed by atoms with Crippen LogP contribution in [0.1, 0.15) is 26.3 Å². The van der Waals surface area contributed by atoms with Crippen LogP contribution in [0.5, 0.6) is 5.88 Å². The summed E-state index contributed by atoms with van der Waals surface area (Å²) in [6.45, 7) is 7.02. The molecule has 0 saturated carbocycles. The van der Waals surface area contributed by atoms with Crippen molar-refractivity contribution < 1.29 is 24.4 Å². The number of hydrogen-bond donors (Lipinski definition) is 2. The van der Waals surface area contributed by atoms with Crippen LogP contribution in [0.2, 0.25) is 0 Å². The molecule has 1 aromatic rings. The predicted molar refractivity (Wildman–Crippen MR) is 101 cm³/mol. The van der Waals surface area contributed by atoms with Crippen LogP contribution in [0.15, 0.2) is 34.2 Å². The second kappa shape index (κ2) is 9.89. The fourth-order valence-corrected chi connectivity index (χ4v) is 2.43. The van der Waals surface area contributed by atoms with Crippen LogP contribution in [-0.2, 0) is 16.1 Å². The molecule has 1 aromatic heterocycles. The Hall–Kier alpha value is -1.87. The number of hydrazone groups is 1. The van der Waals surface area contributed by atoms with E-state index in [1.807, 2.05) is 26.8 Å². The average molecular weight is 400 g/mol. The molecule has 2 heterocycles. The van der Waals surface area contributed by atoms with E-state index in [9.17, 15) is 5.11 Å². The molecular weight excluding hydrogens is 374 g/mol. The lowest BCUT2D eigenvalue weighted by atomic mass is 10.1. The van der Waals surface area contributed by atoms with Crippen molar-refractivity contribution in [2.24, 2.45) is 5.10 Å². The maximum absolute atomic E-state index is 10.3. The first-order valence-corrected chi connectivity index (χ1v) is 9.01. The lowest BCUT2D eigenvalue weighted by molar-refractivity contribution is -0.0264. The molecule has 0 saturated heterocycles. The Morgan fingerprint density at radius 2 is 1.96 bits per heavy atom. The van der Waals surface area contributed by atoms with Gasteiger partial charge in [-0.1, -0.05) is 11.6 Å². The highest BCUT2D eigenvalue weighted by molar-refractivity contribution is 6.31. The van der Waals surface area contributed by atoms with E-state index < -0.39 is 6.23 Å². The third-order valence-corrected chi connectivity index (χ3v) is 3.97. The zero-order valence-electron chi connectivity index (χ0n) is 15.8. The van der Waals surface area contributed by atoms with E-state index in [2.05, 4.69) is 10.1 Å². The first kappa shape index (κ1) is 21.4. The molecule has 0 radical (unpaired) electrons. The van der Waals surface area contributed by atoms with Gasteiger partial charge in [-0.2, -0.15) is 5.10 Å². The third kappa shape index (κ3) is 6.35. The number of hydrogen-bond acceptors (Lipinski definition) is 8. The molecule has 0 bridgehead atoms. The van der Waals surface area contributed by atoms with E-state index in [-0.39, 0.29) is 30.4 Å². The lowest BCUT2D eigenvalue weighted by Gasteiger charge is -2.38. The van der Waals surface area contributed by atoms with Gasteiger partial charge < -0.3 is 24.4 Å². The Kier molecular flexibility index (Phi) is 7.85. The molecule has 2 N–H and O–H groups in total. The molecule has 1 aliphatic rings. The van der Waals surface area contributed by atoms with E-state index in [0.29, 0.717) is 24.9 Å². The number of aliphatic hydroxyl groups excluding tert-OH is 2. The number of halogens is 1. The topological polar surface area (TPSA) is 96.6 Å². The summed E-state index contributed by atoms with van der Waals surface area (Å²) >= 11 is 6.23. The summed E-state index contributed by atoms with van der Waals surface area (Å²) in [5.74, 6) is 0.796. The zero-order chi connectivity index (χ0) is 19.9. The fourth-order valence-electron chi connectivity index (χ4n) is 2.23. The molecule has 2 rings (SSSR count). The van der Waals surface area contributed by atoms with Gasteiger partial charge in [0.15, 0.2) is 12.0 Å². The van der Waals surface area contributed by atoms with E-state index in [0.717, 1.165) is 5.56 Å². The minimum Gasteiger partial charge on any atom is -0.486 e. The largest absolute Gasteiger partial charge is 0.486 e. The standard InChI is InChI=1S/C18H26ClN3O5/c1-18(2,3)22-17(24)16(19)14(11-21-22)27-12-13-4-5-15(20-10-13)26-9-8-25-7-6-23/h4-5,10-11,17,23-24H,6-9,12H2,1-3H3. The van der Waals surface area contributed by atoms with Crippen LogP contribution < -0.4 is 4.74 Å². The van der Waals surface area contributed by atoms with Crippen LogP contribution in [0, 0.1) is 0 Å². The van der Waals surface area contributed by atoms with Gasteiger partial charge in [0.25, 0.3) is 0 Å². The van der Waals surface area contributed by atoms with E-state index >= 15 is 0 Å². The molecule has 1 atom stereocenters. The summed E-state index contributed by atoms with van der Waals surface area (Å²) in [4.78, 5) is 4.19. The van der Waals surface area contributed by atoms with E-state index in [1.54, 1.807) is 12.3 Å². The van der Waals surface area contributed by atoms with Crippen LogP contribution in [0.3, 0.4) is 0 Å². The maximum atomic E-state index is 10.3. The van der Waals surface area contributed by atoms with Crippen LogP contribution in [0.25, 0.3) is 0 Å². The lowest BCUT2D eigenvalue weighted by Crippen LogP contribution is -2.46. The fraction of sp³-hybridized carbons (Fsp3) is 0.556. The Morgan fingerprint density at radius 1 is 1.19 bits per heavy atom. The van der Waals surface area contributed by atoms with Gasteiger partial charge in [-0.3, -0.25) is 5.01 Å². The number of aromatic nitrogens is 1. The number of rotatable bonds is 9. The summed E-state index contributed by atoms with van der Waals surface area (Å²) in [5.41, 5.74) is 0.446. The molecule has 0 aliphatic carbocycles. The van der Waals surface area contributed by atoms with E-state index in [1.165, 1.54) is 11.2 Å². The highest BCUT2D eigenvalue weighted by Crippen LogP contribution is 2.28. The van der Waals surface area contributed by atoms with Crippen molar-refractivity contribution in [2.45, 2.75) is 39.1 Å². The molecule has 0 fully saturated rings. The van der Waals surface area contributed by atoms with Gasteiger partial charge in [0, 0.05) is 17.8 Å². The van der Waals surface area contributed by atoms with Gasteiger partial charge in [-0.15, -0.1) is 0 Å². The molecule has 0 amide bonds. The SMILES string of the molecule is CC(C)(C)N1N=CC(OCc2ccc(OCCOCCO)nc2)=C(Cl)C1O. The first-order valence-electron chi connectivity index (χ1n) is 8.63. The van der Waals surface area contributed by atoms with Gasteiger partial charge in [0.2, 0.25) is 5.88 Å². The van der Waals surface area contributed by atoms with Crippen molar-refractivity contribution >= 4 is 17.8 Å². The van der Waals surface area contributed by atoms with Gasteiger partial charge in [0.05, 0.1) is 31.6 Å². The van der Waals surface area contributed by atoms with Crippen molar-refractivity contribution in [1.29, 1.82) is 0 Å². The van der Waals surface area contributed by atoms with E-state index in [4.69, 9.17) is 30.9 Å². The molecule has 0 spiro atoms. The summed E-state index contributed by atoms with van der Waals surface area (Å²) < 4.78 is 16.2.